The molecule has 2 atom stereocenters. The number of nitrogens with one attached hydrogen (secondary N) is 2. The predicted molar refractivity (Wildman–Crippen MR) is 101 cm³/mol. The highest BCUT2D eigenvalue weighted by Gasteiger charge is 2.24. The van der Waals surface area contributed by atoms with Crippen LogP contribution in [0.2, 0.25) is 0 Å². The standard InChI is InChI=1S/C18H23BrN4O2/c1-12(23-7-8-25-11-13(23)2)10-20-18(24)17-9-16(21-22-17)14-3-5-15(19)6-4-14/h3-6,9,12-13H,7-8,10-11H2,1-2H3,(H,20,24)(H,21,22). The molecule has 134 valence electrons. The van der Waals surface area contributed by atoms with Crippen LogP contribution < -0.4 is 5.32 Å². The summed E-state index contributed by atoms with van der Waals surface area (Å²) in [7, 11) is 0. The van der Waals surface area contributed by atoms with E-state index in [1.807, 2.05) is 24.3 Å². The van der Waals surface area contributed by atoms with E-state index in [1.165, 1.54) is 0 Å². The summed E-state index contributed by atoms with van der Waals surface area (Å²) in [5, 5.41) is 10.1. The van der Waals surface area contributed by atoms with E-state index in [9.17, 15) is 4.79 Å². The first kappa shape index (κ1) is 18.1. The van der Waals surface area contributed by atoms with Crippen LogP contribution in [-0.4, -0.2) is 59.4 Å². The summed E-state index contributed by atoms with van der Waals surface area (Å²) in [4.78, 5) is 14.7. The third-order valence-corrected chi connectivity index (χ3v) is 5.03. The lowest BCUT2D eigenvalue weighted by atomic mass is 10.1. The van der Waals surface area contributed by atoms with E-state index in [-0.39, 0.29) is 11.9 Å². The molecule has 2 N–H and O–H groups in total. The second-order valence-corrected chi connectivity index (χ2v) is 7.31. The number of morpholine rings is 1. The molecule has 0 radical (unpaired) electrons. The molecular weight excluding hydrogens is 384 g/mol. The van der Waals surface area contributed by atoms with Crippen LogP contribution in [0.4, 0.5) is 0 Å². The Balaban J connectivity index is 1.57. The lowest BCUT2D eigenvalue weighted by molar-refractivity contribution is -0.0178. The van der Waals surface area contributed by atoms with E-state index in [0.29, 0.717) is 18.3 Å². The molecule has 1 aromatic carbocycles. The molecule has 6 nitrogen and oxygen atoms in total. The first-order valence-electron chi connectivity index (χ1n) is 8.47. The number of aromatic nitrogens is 2. The van der Waals surface area contributed by atoms with Gasteiger partial charge in [0, 0.05) is 35.2 Å². The number of nitrogens with zero attached hydrogens (tertiary/aromatic N) is 2. The molecule has 1 aliphatic rings. The van der Waals surface area contributed by atoms with Crippen molar-refractivity contribution >= 4 is 21.8 Å². The Hall–Kier alpha value is -1.70. The molecule has 0 bridgehead atoms. The van der Waals surface area contributed by atoms with Gasteiger partial charge >= 0.3 is 0 Å². The molecular formula is C18H23BrN4O2. The van der Waals surface area contributed by atoms with Gasteiger partial charge in [-0.05, 0) is 32.0 Å². The van der Waals surface area contributed by atoms with E-state index in [4.69, 9.17) is 4.74 Å². The first-order chi connectivity index (χ1) is 12.0. The summed E-state index contributed by atoms with van der Waals surface area (Å²) in [6.07, 6.45) is 0. The van der Waals surface area contributed by atoms with E-state index in [2.05, 4.69) is 50.2 Å². The van der Waals surface area contributed by atoms with Crippen molar-refractivity contribution in [3.63, 3.8) is 0 Å². The van der Waals surface area contributed by atoms with Crippen LogP contribution in [0.1, 0.15) is 24.3 Å². The molecule has 25 heavy (non-hydrogen) atoms. The second kappa shape index (κ2) is 8.12. The van der Waals surface area contributed by atoms with Gasteiger partial charge in [-0.1, -0.05) is 28.1 Å². The Morgan fingerprint density at radius 3 is 2.96 bits per heavy atom. The zero-order chi connectivity index (χ0) is 17.8. The smallest absolute Gasteiger partial charge is 0.269 e. The summed E-state index contributed by atoms with van der Waals surface area (Å²) >= 11 is 3.41. The van der Waals surface area contributed by atoms with Crippen molar-refractivity contribution in [2.24, 2.45) is 0 Å². The fraction of sp³-hybridized carbons (Fsp3) is 0.444. The number of carbonyl (C=O) groups is 1. The quantitative estimate of drug-likeness (QED) is 0.800. The van der Waals surface area contributed by atoms with Crippen molar-refractivity contribution in [2.75, 3.05) is 26.3 Å². The molecule has 2 aromatic rings. The molecule has 3 rings (SSSR count). The molecule has 2 heterocycles. The lowest BCUT2D eigenvalue weighted by Gasteiger charge is -2.37. The molecule has 1 amide bonds. The van der Waals surface area contributed by atoms with Gasteiger partial charge in [0.1, 0.15) is 5.69 Å². The van der Waals surface area contributed by atoms with Crippen LogP contribution in [0.3, 0.4) is 0 Å². The van der Waals surface area contributed by atoms with Crippen molar-refractivity contribution < 1.29 is 9.53 Å². The van der Waals surface area contributed by atoms with Crippen molar-refractivity contribution in [2.45, 2.75) is 25.9 Å². The van der Waals surface area contributed by atoms with Gasteiger partial charge in [0.05, 0.1) is 18.9 Å². The third kappa shape index (κ3) is 4.48. The minimum absolute atomic E-state index is 0.136. The summed E-state index contributed by atoms with van der Waals surface area (Å²) in [5.74, 6) is -0.136. The molecule has 1 fully saturated rings. The predicted octanol–water partition coefficient (Wildman–Crippen LogP) is 2.68. The second-order valence-electron chi connectivity index (χ2n) is 6.39. The van der Waals surface area contributed by atoms with Gasteiger partial charge in [-0.3, -0.25) is 14.8 Å². The van der Waals surface area contributed by atoms with Crippen LogP contribution in [-0.2, 0) is 4.74 Å². The van der Waals surface area contributed by atoms with Crippen LogP contribution in [0, 0.1) is 0 Å². The number of rotatable bonds is 5. The molecule has 0 aliphatic carbocycles. The average Bonchev–Trinajstić information content (AvgIpc) is 3.10. The largest absolute Gasteiger partial charge is 0.379 e. The maximum absolute atomic E-state index is 12.4. The van der Waals surface area contributed by atoms with Gasteiger partial charge in [-0.2, -0.15) is 5.10 Å². The van der Waals surface area contributed by atoms with Crippen LogP contribution in [0.15, 0.2) is 34.8 Å². The van der Waals surface area contributed by atoms with E-state index in [1.54, 1.807) is 6.07 Å². The third-order valence-electron chi connectivity index (χ3n) is 4.51. The van der Waals surface area contributed by atoms with Gasteiger partial charge in [-0.25, -0.2) is 0 Å². The fourth-order valence-corrected chi connectivity index (χ4v) is 3.32. The van der Waals surface area contributed by atoms with Crippen LogP contribution in [0.25, 0.3) is 11.3 Å². The number of ether oxygens (including phenoxy) is 1. The Labute approximate surface area is 156 Å². The molecule has 7 heteroatoms. The fourth-order valence-electron chi connectivity index (χ4n) is 3.05. The number of aromatic amines is 1. The number of amides is 1. The number of carbonyl (C=O) groups excluding carboxylic acids is 1. The Morgan fingerprint density at radius 1 is 1.48 bits per heavy atom. The maximum Gasteiger partial charge on any atom is 0.269 e. The number of hydrogen-bond donors (Lipinski definition) is 2. The van der Waals surface area contributed by atoms with Crippen molar-refractivity contribution in [3.8, 4) is 11.3 Å². The Bertz CT molecular complexity index is 716. The molecule has 1 aromatic heterocycles. The molecule has 0 spiro atoms. The molecule has 1 aliphatic heterocycles. The highest BCUT2D eigenvalue weighted by atomic mass is 79.9. The number of benzene rings is 1. The summed E-state index contributed by atoms with van der Waals surface area (Å²) < 4.78 is 6.47. The minimum atomic E-state index is -0.136. The average molecular weight is 407 g/mol. The topological polar surface area (TPSA) is 70.2 Å². The first-order valence-corrected chi connectivity index (χ1v) is 9.27. The summed E-state index contributed by atoms with van der Waals surface area (Å²) in [6.45, 7) is 7.26. The SMILES string of the molecule is CC(CNC(=O)c1cc(-c2ccc(Br)cc2)n[nH]1)N1CCOCC1C. The van der Waals surface area contributed by atoms with Gasteiger partial charge in [-0.15, -0.1) is 0 Å². The Kier molecular flexibility index (Phi) is 5.88. The van der Waals surface area contributed by atoms with Crippen molar-refractivity contribution in [1.82, 2.24) is 20.4 Å². The molecule has 2 unspecified atom stereocenters. The minimum Gasteiger partial charge on any atom is -0.379 e. The molecule has 0 saturated carbocycles. The number of halogens is 1. The number of hydrogen-bond acceptors (Lipinski definition) is 4. The van der Waals surface area contributed by atoms with E-state index >= 15 is 0 Å². The zero-order valence-corrected chi connectivity index (χ0v) is 16.0. The summed E-state index contributed by atoms with van der Waals surface area (Å²) in [5.41, 5.74) is 2.20. The van der Waals surface area contributed by atoms with Crippen molar-refractivity contribution in [3.05, 3.63) is 40.5 Å². The van der Waals surface area contributed by atoms with Gasteiger partial charge in [0.25, 0.3) is 5.91 Å². The summed E-state index contributed by atoms with van der Waals surface area (Å²) in [6, 6.07) is 10.2. The lowest BCUT2D eigenvalue weighted by Crippen LogP contribution is -2.51. The van der Waals surface area contributed by atoms with E-state index in [0.717, 1.165) is 35.5 Å². The molecule has 1 saturated heterocycles. The normalized spacial score (nSPS) is 19.6. The highest BCUT2D eigenvalue weighted by Crippen LogP contribution is 2.20. The monoisotopic (exact) mass is 406 g/mol. The van der Waals surface area contributed by atoms with E-state index < -0.39 is 0 Å². The van der Waals surface area contributed by atoms with Crippen LogP contribution in [0.5, 0.6) is 0 Å². The zero-order valence-electron chi connectivity index (χ0n) is 14.5. The van der Waals surface area contributed by atoms with Crippen LogP contribution >= 0.6 is 15.9 Å². The Morgan fingerprint density at radius 2 is 2.24 bits per heavy atom. The number of H-pyrrole nitrogens is 1. The van der Waals surface area contributed by atoms with Gasteiger partial charge in [0.15, 0.2) is 0 Å². The van der Waals surface area contributed by atoms with Crippen molar-refractivity contribution in [1.29, 1.82) is 0 Å². The van der Waals surface area contributed by atoms with Gasteiger partial charge < -0.3 is 10.1 Å². The maximum atomic E-state index is 12.4. The highest BCUT2D eigenvalue weighted by molar-refractivity contribution is 9.10. The van der Waals surface area contributed by atoms with Gasteiger partial charge in [0.2, 0.25) is 0 Å².